The van der Waals surface area contributed by atoms with E-state index in [0.717, 1.165) is 25.9 Å². The van der Waals surface area contributed by atoms with Gasteiger partial charge < -0.3 is 4.90 Å². The van der Waals surface area contributed by atoms with E-state index in [1.54, 1.807) is 4.58 Å². The van der Waals surface area contributed by atoms with E-state index in [4.69, 9.17) is 0 Å². The van der Waals surface area contributed by atoms with Gasteiger partial charge in [-0.05, 0) is 12.8 Å². The molecule has 0 aromatic carbocycles. The topological polar surface area (TPSA) is 23.3 Å². The van der Waals surface area contributed by atoms with Gasteiger partial charge in [-0.3, -0.25) is 4.79 Å². The number of carbonyl (C=O) groups is 1. The molecule has 3 nitrogen and oxygen atoms in total. The molecule has 1 aliphatic heterocycles. The molecule has 0 unspecified atom stereocenters. The Morgan fingerprint density at radius 3 is 2.55 bits per heavy atom. The fraction of sp³-hybridized carbons (Fsp3) is 0.750. The third-order valence-electron chi connectivity index (χ3n) is 1.86. The third kappa shape index (κ3) is 2.33. The van der Waals surface area contributed by atoms with Gasteiger partial charge in [-0.25, -0.2) is 4.58 Å². The van der Waals surface area contributed by atoms with Crippen molar-refractivity contribution in [2.75, 3.05) is 26.7 Å². The molecule has 1 aliphatic rings. The van der Waals surface area contributed by atoms with Crippen LogP contribution < -0.4 is 0 Å². The van der Waals surface area contributed by atoms with Crippen molar-refractivity contribution in [3.63, 3.8) is 0 Å². The first-order valence-electron chi connectivity index (χ1n) is 3.99. The predicted octanol–water partition coefficient (Wildman–Crippen LogP) is -0.0483. The summed E-state index contributed by atoms with van der Waals surface area (Å²) in [5.41, 5.74) is 0. The minimum absolute atomic E-state index is 0.208. The van der Waals surface area contributed by atoms with Gasteiger partial charge in [0.15, 0.2) is 0 Å². The minimum Gasteiger partial charge on any atom is -0.337 e. The maximum atomic E-state index is 11.3. The van der Waals surface area contributed by atoms with Crippen LogP contribution in [0.2, 0.25) is 0 Å². The first-order chi connectivity index (χ1) is 5.20. The Labute approximate surface area is 67.3 Å². The van der Waals surface area contributed by atoms with Crippen LogP contribution in [0, 0.1) is 0 Å². The lowest BCUT2D eigenvalue weighted by Gasteiger charge is -2.12. The summed E-state index contributed by atoms with van der Waals surface area (Å²) in [7, 11) is 1.81. The van der Waals surface area contributed by atoms with Gasteiger partial charge >= 0.3 is 0 Å². The zero-order chi connectivity index (χ0) is 8.27. The molecule has 1 rings (SSSR count). The highest BCUT2D eigenvalue weighted by molar-refractivity contribution is 5.77. The average Bonchev–Trinajstić information content (AvgIpc) is 2.35. The maximum Gasteiger partial charge on any atom is 0.288 e. The monoisotopic (exact) mass is 155 g/mol. The van der Waals surface area contributed by atoms with Crippen LogP contribution in [0.15, 0.2) is 0 Å². The smallest absolute Gasteiger partial charge is 0.288 e. The van der Waals surface area contributed by atoms with E-state index in [1.807, 2.05) is 11.9 Å². The quantitative estimate of drug-likeness (QED) is 0.405. The highest BCUT2D eigenvalue weighted by Crippen LogP contribution is 2.06. The van der Waals surface area contributed by atoms with Gasteiger partial charge in [0.2, 0.25) is 6.54 Å². The third-order valence-corrected chi connectivity index (χ3v) is 1.86. The Bertz CT molecular complexity index is 171. The normalized spacial score (nSPS) is 17.0. The molecule has 0 spiro atoms. The molecule has 1 saturated heterocycles. The van der Waals surface area contributed by atoms with Crippen molar-refractivity contribution in [1.82, 2.24) is 4.90 Å². The summed E-state index contributed by atoms with van der Waals surface area (Å²) >= 11 is 0. The van der Waals surface area contributed by atoms with Crippen molar-refractivity contribution in [2.45, 2.75) is 12.8 Å². The summed E-state index contributed by atoms with van der Waals surface area (Å²) in [5, 5.41) is 0. The Balaban J connectivity index is 2.34. The second-order valence-corrected chi connectivity index (χ2v) is 3.10. The van der Waals surface area contributed by atoms with Crippen LogP contribution in [-0.2, 0) is 4.79 Å². The van der Waals surface area contributed by atoms with E-state index in [1.165, 1.54) is 0 Å². The Morgan fingerprint density at radius 2 is 2.09 bits per heavy atom. The average molecular weight is 155 g/mol. The van der Waals surface area contributed by atoms with Crippen molar-refractivity contribution in [3.8, 4) is 0 Å². The molecule has 0 saturated carbocycles. The van der Waals surface area contributed by atoms with Crippen molar-refractivity contribution in [2.24, 2.45) is 0 Å². The van der Waals surface area contributed by atoms with Crippen molar-refractivity contribution in [1.29, 1.82) is 0 Å². The molecule has 1 fully saturated rings. The van der Waals surface area contributed by atoms with E-state index in [0.29, 0.717) is 6.54 Å². The first-order valence-corrected chi connectivity index (χ1v) is 3.99. The standard InChI is InChI=1S/C8H15N2O/c1-9(2)7-8(11)10-5-3-4-6-10/h1,3-7H2,2H3/q+1. The van der Waals surface area contributed by atoms with Crippen LogP contribution in [-0.4, -0.2) is 48.8 Å². The summed E-state index contributed by atoms with van der Waals surface area (Å²) in [6.45, 7) is 5.95. The van der Waals surface area contributed by atoms with Gasteiger partial charge in [0, 0.05) is 13.1 Å². The summed E-state index contributed by atoms with van der Waals surface area (Å²) in [6.07, 6.45) is 2.32. The Kier molecular flexibility index (Phi) is 2.63. The molecule has 3 heteroatoms. The van der Waals surface area contributed by atoms with Crippen molar-refractivity contribution < 1.29 is 9.37 Å². The van der Waals surface area contributed by atoms with Gasteiger partial charge in [0.05, 0.1) is 0 Å². The lowest BCUT2D eigenvalue weighted by molar-refractivity contribution is -0.477. The van der Waals surface area contributed by atoms with Crippen LogP contribution >= 0.6 is 0 Å². The molecule has 0 aliphatic carbocycles. The van der Waals surface area contributed by atoms with Gasteiger partial charge in [0.25, 0.3) is 5.91 Å². The number of likely N-dealkylation sites (tertiary alicyclic amines) is 1. The minimum atomic E-state index is 0.208. The summed E-state index contributed by atoms with van der Waals surface area (Å²) in [6, 6.07) is 0. The SMILES string of the molecule is C=[N+](C)CC(=O)N1CCCC1. The van der Waals surface area contributed by atoms with Crippen molar-refractivity contribution in [3.05, 3.63) is 0 Å². The molecule has 0 bridgehead atoms. The Hall–Kier alpha value is -0.860. The van der Waals surface area contributed by atoms with Gasteiger partial charge in [-0.2, -0.15) is 0 Å². The van der Waals surface area contributed by atoms with E-state index in [2.05, 4.69) is 6.72 Å². The number of hydrogen-bond donors (Lipinski definition) is 0. The lowest BCUT2D eigenvalue weighted by atomic mass is 10.4. The molecule has 0 radical (unpaired) electrons. The number of carbonyl (C=O) groups excluding carboxylic acids is 1. The van der Waals surface area contributed by atoms with Gasteiger partial charge in [-0.15, -0.1) is 0 Å². The summed E-state index contributed by atoms with van der Waals surface area (Å²) < 4.78 is 1.67. The predicted molar refractivity (Wildman–Crippen MR) is 44.0 cm³/mol. The molecular formula is C8H15N2O+. The largest absolute Gasteiger partial charge is 0.337 e. The number of nitrogens with zero attached hydrogens (tertiary/aromatic N) is 2. The second kappa shape index (κ2) is 3.51. The lowest BCUT2D eigenvalue weighted by Crippen LogP contribution is -2.33. The maximum absolute atomic E-state index is 11.3. The first kappa shape index (κ1) is 8.24. The molecule has 62 valence electrons. The van der Waals surface area contributed by atoms with Crippen LogP contribution in [0.4, 0.5) is 0 Å². The van der Waals surface area contributed by atoms with Crippen LogP contribution in [0.3, 0.4) is 0 Å². The van der Waals surface area contributed by atoms with Gasteiger partial charge in [-0.1, -0.05) is 0 Å². The highest BCUT2D eigenvalue weighted by atomic mass is 16.2. The molecular weight excluding hydrogens is 140 g/mol. The fourth-order valence-electron chi connectivity index (χ4n) is 1.30. The second-order valence-electron chi connectivity index (χ2n) is 3.10. The van der Waals surface area contributed by atoms with Crippen LogP contribution in [0.1, 0.15) is 12.8 Å². The van der Waals surface area contributed by atoms with E-state index < -0.39 is 0 Å². The number of hydrogen-bond acceptors (Lipinski definition) is 1. The van der Waals surface area contributed by atoms with E-state index in [-0.39, 0.29) is 5.91 Å². The number of likely N-dealkylation sites (N-methyl/N-ethyl adjacent to an activating group) is 1. The molecule has 11 heavy (non-hydrogen) atoms. The van der Waals surface area contributed by atoms with E-state index >= 15 is 0 Å². The molecule has 0 atom stereocenters. The zero-order valence-electron chi connectivity index (χ0n) is 7.05. The molecule has 1 amide bonds. The van der Waals surface area contributed by atoms with Gasteiger partial charge in [0.1, 0.15) is 13.8 Å². The number of amides is 1. The van der Waals surface area contributed by atoms with Crippen LogP contribution in [0.5, 0.6) is 0 Å². The number of rotatable bonds is 2. The Morgan fingerprint density at radius 1 is 1.55 bits per heavy atom. The molecule has 0 aromatic heterocycles. The highest BCUT2D eigenvalue weighted by Gasteiger charge is 2.19. The molecule has 0 N–H and O–H groups in total. The fourth-order valence-corrected chi connectivity index (χ4v) is 1.30. The zero-order valence-corrected chi connectivity index (χ0v) is 7.05. The van der Waals surface area contributed by atoms with Crippen LogP contribution in [0.25, 0.3) is 0 Å². The molecule has 0 aromatic rings. The van der Waals surface area contributed by atoms with Crippen molar-refractivity contribution >= 4 is 12.6 Å². The molecule has 1 heterocycles. The summed E-state index contributed by atoms with van der Waals surface area (Å²) in [4.78, 5) is 13.2. The summed E-state index contributed by atoms with van der Waals surface area (Å²) in [5.74, 6) is 0.208. The van der Waals surface area contributed by atoms with E-state index in [9.17, 15) is 4.79 Å².